The van der Waals surface area contributed by atoms with Gasteiger partial charge in [0.1, 0.15) is 22.7 Å². The van der Waals surface area contributed by atoms with Crippen molar-refractivity contribution in [2.45, 2.75) is 85.5 Å². The van der Waals surface area contributed by atoms with E-state index in [-0.39, 0.29) is 22.0 Å². The van der Waals surface area contributed by atoms with E-state index in [0.717, 1.165) is 66.7 Å². The number of furan rings is 1. The number of pyridine rings is 1. The predicted octanol–water partition coefficient (Wildman–Crippen LogP) is 14.4. The monoisotopic (exact) mass is 761 g/mol. The number of rotatable bonds is 4. The maximum Gasteiger partial charge on any atom is 0.147 e. The van der Waals surface area contributed by atoms with Gasteiger partial charge in [0, 0.05) is 44.7 Å². The molecule has 290 valence electrons. The molecular formula is C53H51N3O2. The number of hydrogen-bond acceptors (Lipinski definition) is 4. The molecule has 1 N–H and O–H groups in total. The van der Waals surface area contributed by atoms with Crippen LogP contribution in [0.15, 0.2) is 126 Å². The molecule has 0 atom stereocenters. The van der Waals surface area contributed by atoms with Crippen LogP contribution in [0.25, 0.3) is 83.2 Å². The fraction of sp³-hybridized carbons (Fsp3) is 0.245. The fourth-order valence-electron chi connectivity index (χ4n) is 8.29. The second-order valence-corrected chi connectivity index (χ2v) is 19.0. The van der Waals surface area contributed by atoms with Gasteiger partial charge in [-0.05, 0) is 118 Å². The summed E-state index contributed by atoms with van der Waals surface area (Å²) in [5, 5.41) is 14.8. The Morgan fingerprint density at radius 3 is 1.98 bits per heavy atom. The third-order valence-electron chi connectivity index (χ3n) is 11.8. The Morgan fingerprint density at radius 2 is 1.26 bits per heavy atom. The van der Waals surface area contributed by atoms with Crippen molar-refractivity contribution in [2.75, 3.05) is 0 Å². The Hall–Kier alpha value is -6.20. The summed E-state index contributed by atoms with van der Waals surface area (Å²) in [5.74, 6) is 0.963. The summed E-state index contributed by atoms with van der Waals surface area (Å²) < 4.78 is 8.79. The van der Waals surface area contributed by atoms with Crippen molar-refractivity contribution in [3.05, 3.63) is 144 Å². The van der Waals surface area contributed by atoms with Gasteiger partial charge < -0.3 is 9.52 Å². The minimum absolute atomic E-state index is 0.00102. The lowest BCUT2D eigenvalue weighted by Crippen LogP contribution is -2.13. The largest absolute Gasteiger partial charge is 0.507 e. The molecule has 0 unspecified atom stereocenters. The van der Waals surface area contributed by atoms with Crippen LogP contribution in [0.5, 0.6) is 5.75 Å². The van der Waals surface area contributed by atoms with Gasteiger partial charge in [-0.3, -0.25) is 9.55 Å². The number of nitrogens with zero attached hydrogens (tertiary/aromatic N) is 3. The molecule has 5 heteroatoms. The van der Waals surface area contributed by atoms with Crippen molar-refractivity contribution in [1.29, 1.82) is 0 Å². The molecule has 0 amide bonds. The minimum Gasteiger partial charge on any atom is -0.507 e. The summed E-state index contributed by atoms with van der Waals surface area (Å²) in [6.45, 7) is 22.5. The molecule has 0 bridgehead atoms. The van der Waals surface area contributed by atoms with Crippen LogP contribution >= 0.6 is 0 Å². The molecule has 9 rings (SSSR count). The van der Waals surface area contributed by atoms with Gasteiger partial charge in [-0.15, -0.1) is 0 Å². The second kappa shape index (κ2) is 13.2. The maximum atomic E-state index is 11.6. The van der Waals surface area contributed by atoms with Crippen LogP contribution in [0.2, 0.25) is 0 Å². The van der Waals surface area contributed by atoms with Crippen molar-refractivity contribution in [1.82, 2.24) is 14.5 Å². The third kappa shape index (κ3) is 6.25. The molecule has 0 saturated carbocycles. The molecule has 6 aromatic carbocycles. The summed E-state index contributed by atoms with van der Waals surface area (Å²) >= 11 is 0. The van der Waals surface area contributed by atoms with Crippen molar-refractivity contribution >= 4 is 43.9 Å². The smallest absolute Gasteiger partial charge is 0.147 e. The highest BCUT2D eigenvalue weighted by Gasteiger charge is 2.26. The fourth-order valence-corrected chi connectivity index (χ4v) is 8.29. The average molecular weight is 762 g/mol. The summed E-state index contributed by atoms with van der Waals surface area (Å²) in [7, 11) is 0. The molecule has 0 aliphatic rings. The molecule has 0 aliphatic carbocycles. The lowest BCUT2D eigenvalue weighted by molar-refractivity contribution is 0.477. The highest BCUT2D eigenvalue weighted by atomic mass is 16.3. The first-order valence-electron chi connectivity index (χ1n) is 20.3. The molecule has 0 fully saturated rings. The van der Waals surface area contributed by atoms with Crippen molar-refractivity contribution < 1.29 is 9.52 Å². The Morgan fingerprint density at radius 1 is 0.569 bits per heavy atom. The third-order valence-corrected chi connectivity index (χ3v) is 11.8. The number of phenols is 1. The topological polar surface area (TPSA) is 64.1 Å². The van der Waals surface area contributed by atoms with E-state index >= 15 is 0 Å². The van der Waals surface area contributed by atoms with E-state index in [2.05, 4.69) is 153 Å². The molecule has 3 heterocycles. The SMILES string of the molecule is Cc1ccnc2c(-c3cc(-c4nc5c(-c6c(O)ccc7c6oc6ccccc67)cccc5n4-c4ccc(C(C)(C)C)cc4)cc(C(C)(C)C)c3)cc(C(C)(C)C)cc12. The molecular weight excluding hydrogens is 711 g/mol. The summed E-state index contributed by atoms with van der Waals surface area (Å²) in [4.78, 5) is 10.6. The number of fused-ring (bicyclic) bond motifs is 5. The van der Waals surface area contributed by atoms with Gasteiger partial charge in [0.15, 0.2) is 0 Å². The van der Waals surface area contributed by atoms with E-state index in [0.29, 0.717) is 11.1 Å². The predicted molar refractivity (Wildman–Crippen MR) is 242 cm³/mol. The van der Waals surface area contributed by atoms with Crippen LogP contribution < -0.4 is 0 Å². The number of aromatic hydroxyl groups is 1. The zero-order valence-corrected chi connectivity index (χ0v) is 35.2. The van der Waals surface area contributed by atoms with E-state index in [1.54, 1.807) is 6.07 Å². The Bertz CT molecular complexity index is 3070. The number of benzene rings is 6. The normalized spacial score (nSPS) is 12.7. The van der Waals surface area contributed by atoms with Gasteiger partial charge in [-0.2, -0.15) is 0 Å². The van der Waals surface area contributed by atoms with E-state index in [9.17, 15) is 5.11 Å². The van der Waals surface area contributed by atoms with E-state index in [1.807, 2.05) is 36.5 Å². The number of imidazole rings is 1. The number of phenolic OH excluding ortho intramolecular Hbond substituents is 1. The van der Waals surface area contributed by atoms with Crippen LogP contribution in [0.3, 0.4) is 0 Å². The van der Waals surface area contributed by atoms with Crippen LogP contribution in [-0.2, 0) is 16.2 Å². The summed E-state index contributed by atoms with van der Waals surface area (Å²) in [5.41, 5.74) is 14.5. The Balaban J connectivity index is 1.37. The molecule has 0 spiro atoms. The average Bonchev–Trinajstić information content (AvgIpc) is 3.76. The Kier molecular flexibility index (Phi) is 8.49. The molecule has 5 nitrogen and oxygen atoms in total. The van der Waals surface area contributed by atoms with Crippen molar-refractivity contribution in [3.8, 4) is 45.1 Å². The standard InChI is InChI=1S/C53H51N3O2/c1-31-24-25-54-47-41(31)29-36(53(8,9)10)30-42(47)32-26-33(28-35(27-32)52(5,6)7)50-55-48-40(46-44(57)23-22-39-38-14-11-12-17-45(38)58-49(39)46)15-13-16-43(48)56(50)37-20-18-34(19-21-37)51(2,3)4/h11-30,57H,1-10H3. The molecule has 0 radical (unpaired) electrons. The highest BCUT2D eigenvalue weighted by molar-refractivity contribution is 6.13. The van der Waals surface area contributed by atoms with Gasteiger partial charge >= 0.3 is 0 Å². The minimum atomic E-state index is -0.162. The van der Waals surface area contributed by atoms with Gasteiger partial charge in [-0.1, -0.05) is 111 Å². The van der Waals surface area contributed by atoms with E-state index in [4.69, 9.17) is 14.4 Å². The summed E-state index contributed by atoms with van der Waals surface area (Å²) in [6.07, 6.45) is 1.92. The summed E-state index contributed by atoms with van der Waals surface area (Å²) in [6, 6.07) is 40.5. The van der Waals surface area contributed by atoms with Gasteiger partial charge in [0.05, 0.1) is 22.1 Å². The number of aryl methyl sites for hydroxylation is 1. The highest BCUT2D eigenvalue weighted by Crippen LogP contribution is 2.45. The van der Waals surface area contributed by atoms with Crippen LogP contribution in [0.4, 0.5) is 0 Å². The number of hydrogen-bond donors (Lipinski definition) is 1. The molecule has 3 aromatic heterocycles. The first-order chi connectivity index (χ1) is 27.5. The quantitative estimate of drug-likeness (QED) is 0.194. The van der Waals surface area contributed by atoms with E-state index in [1.165, 1.54) is 27.6 Å². The first-order valence-corrected chi connectivity index (χ1v) is 20.3. The van der Waals surface area contributed by atoms with Gasteiger partial charge in [0.2, 0.25) is 0 Å². The van der Waals surface area contributed by atoms with Gasteiger partial charge in [-0.25, -0.2) is 4.98 Å². The lowest BCUT2D eigenvalue weighted by atomic mass is 9.81. The van der Waals surface area contributed by atoms with Crippen LogP contribution in [-0.4, -0.2) is 19.6 Å². The van der Waals surface area contributed by atoms with Crippen molar-refractivity contribution in [2.24, 2.45) is 0 Å². The molecule has 0 aliphatic heterocycles. The van der Waals surface area contributed by atoms with Crippen LogP contribution in [0, 0.1) is 6.92 Å². The zero-order chi connectivity index (χ0) is 40.9. The van der Waals surface area contributed by atoms with Crippen LogP contribution in [0.1, 0.15) is 84.6 Å². The first kappa shape index (κ1) is 37.4. The number of aromatic nitrogens is 3. The van der Waals surface area contributed by atoms with Gasteiger partial charge in [0.25, 0.3) is 0 Å². The molecule has 0 saturated heterocycles. The number of para-hydroxylation sites is 2. The maximum absolute atomic E-state index is 11.6. The molecule has 58 heavy (non-hydrogen) atoms. The lowest BCUT2D eigenvalue weighted by Gasteiger charge is -2.24. The second-order valence-electron chi connectivity index (χ2n) is 19.0. The van der Waals surface area contributed by atoms with Crippen molar-refractivity contribution in [3.63, 3.8) is 0 Å². The van der Waals surface area contributed by atoms with E-state index < -0.39 is 0 Å². The Labute approximate surface area is 341 Å². The molecule has 9 aromatic rings. The zero-order valence-electron chi connectivity index (χ0n) is 35.2.